The van der Waals surface area contributed by atoms with Gasteiger partial charge in [0.1, 0.15) is 0 Å². The molecule has 1 unspecified atom stereocenters. The Hall–Kier alpha value is -1.05. The molecule has 0 bridgehead atoms. The first-order chi connectivity index (χ1) is 7.22. The van der Waals surface area contributed by atoms with Crippen LogP contribution in [0.1, 0.15) is 19.8 Å². The van der Waals surface area contributed by atoms with Crippen LogP contribution in [0.4, 0.5) is 0 Å². The minimum Gasteiger partial charge on any atom is -0.383 e. The summed E-state index contributed by atoms with van der Waals surface area (Å²) in [5.41, 5.74) is 0. The van der Waals surface area contributed by atoms with E-state index >= 15 is 0 Å². The van der Waals surface area contributed by atoms with Crippen molar-refractivity contribution in [2.75, 3.05) is 26.8 Å². The third kappa shape index (κ3) is 7.98. The number of terminal acetylenes is 1. The molecule has 4 heteroatoms. The zero-order valence-electron chi connectivity index (χ0n) is 9.51. The highest BCUT2D eigenvalue weighted by molar-refractivity contribution is 5.81. The molecular formula is C11H20N2O2. The van der Waals surface area contributed by atoms with Crippen LogP contribution in [0.5, 0.6) is 0 Å². The van der Waals surface area contributed by atoms with Crippen LogP contribution in [0.25, 0.3) is 0 Å². The van der Waals surface area contributed by atoms with Crippen molar-refractivity contribution in [1.29, 1.82) is 0 Å². The zero-order valence-corrected chi connectivity index (χ0v) is 9.51. The Morgan fingerprint density at radius 2 is 2.27 bits per heavy atom. The molecule has 86 valence electrons. The number of rotatable bonds is 8. The fourth-order valence-corrected chi connectivity index (χ4v) is 1.03. The number of carbonyl (C=O) groups is 1. The van der Waals surface area contributed by atoms with Gasteiger partial charge in [0.2, 0.25) is 5.91 Å². The fraction of sp³-hybridized carbons (Fsp3) is 0.727. The summed E-state index contributed by atoms with van der Waals surface area (Å²) < 4.78 is 4.83. The van der Waals surface area contributed by atoms with E-state index in [-0.39, 0.29) is 11.9 Å². The number of carbonyl (C=O) groups excluding carboxylic acids is 1. The van der Waals surface area contributed by atoms with Gasteiger partial charge in [0.25, 0.3) is 0 Å². The van der Waals surface area contributed by atoms with Crippen molar-refractivity contribution < 1.29 is 9.53 Å². The predicted octanol–water partition coefficient (Wildman–Crippen LogP) is 0.141. The second kappa shape index (κ2) is 9.50. The molecule has 0 aromatic rings. The van der Waals surface area contributed by atoms with E-state index in [0.717, 1.165) is 19.4 Å². The van der Waals surface area contributed by atoms with Gasteiger partial charge in [-0.15, -0.1) is 12.3 Å². The number of amides is 1. The smallest absolute Gasteiger partial charge is 0.236 e. The van der Waals surface area contributed by atoms with Gasteiger partial charge >= 0.3 is 0 Å². The van der Waals surface area contributed by atoms with Gasteiger partial charge in [-0.2, -0.15) is 0 Å². The van der Waals surface area contributed by atoms with E-state index < -0.39 is 0 Å². The molecule has 15 heavy (non-hydrogen) atoms. The molecule has 0 saturated heterocycles. The van der Waals surface area contributed by atoms with E-state index in [1.165, 1.54) is 0 Å². The van der Waals surface area contributed by atoms with Gasteiger partial charge in [0.15, 0.2) is 0 Å². The SMILES string of the molecule is C#CCCCNC(C)C(=O)NCCOC. The van der Waals surface area contributed by atoms with Gasteiger partial charge in [0, 0.05) is 20.1 Å². The third-order valence-electron chi connectivity index (χ3n) is 1.95. The lowest BCUT2D eigenvalue weighted by Gasteiger charge is -2.13. The Labute approximate surface area is 91.8 Å². The van der Waals surface area contributed by atoms with E-state index in [1.807, 2.05) is 6.92 Å². The van der Waals surface area contributed by atoms with Gasteiger partial charge in [0.05, 0.1) is 12.6 Å². The minimum atomic E-state index is -0.181. The Balaban J connectivity index is 3.47. The number of hydrogen-bond acceptors (Lipinski definition) is 3. The van der Waals surface area contributed by atoms with E-state index in [2.05, 4.69) is 16.6 Å². The van der Waals surface area contributed by atoms with Crippen molar-refractivity contribution in [3.05, 3.63) is 0 Å². The molecule has 0 aliphatic carbocycles. The first kappa shape index (κ1) is 13.9. The normalized spacial score (nSPS) is 11.8. The van der Waals surface area contributed by atoms with Crippen molar-refractivity contribution in [1.82, 2.24) is 10.6 Å². The van der Waals surface area contributed by atoms with Crippen LogP contribution in [-0.2, 0) is 9.53 Å². The molecule has 0 aromatic heterocycles. The first-order valence-electron chi connectivity index (χ1n) is 5.16. The molecule has 0 aliphatic heterocycles. The van der Waals surface area contributed by atoms with Crippen LogP contribution in [-0.4, -0.2) is 38.8 Å². The molecule has 0 radical (unpaired) electrons. The first-order valence-corrected chi connectivity index (χ1v) is 5.16. The maximum absolute atomic E-state index is 11.4. The van der Waals surface area contributed by atoms with Gasteiger partial charge in [-0.05, 0) is 19.9 Å². The van der Waals surface area contributed by atoms with Crippen LogP contribution in [0.3, 0.4) is 0 Å². The Morgan fingerprint density at radius 1 is 1.53 bits per heavy atom. The number of methoxy groups -OCH3 is 1. The molecule has 4 nitrogen and oxygen atoms in total. The lowest BCUT2D eigenvalue weighted by atomic mass is 10.2. The number of hydrogen-bond donors (Lipinski definition) is 2. The van der Waals surface area contributed by atoms with Gasteiger partial charge in [-0.25, -0.2) is 0 Å². The quantitative estimate of drug-likeness (QED) is 0.444. The summed E-state index contributed by atoms with van der Waals surface area (Å²) in [4.78, 5) is 11.4. The summed E-state index contributed by atoms with van der Waals surface area (Å²) in [7, 11) is 1.60. The van der Waals surface area contributed by atoms with Crippen LogP contribution in [0.2, 0.25) is 0 Å². The van der Waals surface area contributed by atoms with Crippen LogP contribution >= 0.6 is 0 Å². The maximum atomic E-state index is 11.4. The van der Waals surface area contributed by atoms with E-state index in [9.17, 15) is 4.79 Å². The molecule has 0 heterocycles. The van der Waals surface area contributed by atoms with Crippen LogP contribution < -0.4 is 10.6 Å². The Kier molecular flexibility index (Phi) is 8.84. The summed E-state index contributed by atoms with van der Waals surface area (Å²) in [5.74, 6) is 2.55. The molecule has 2 N–H and O–H groups in total. The number of unbranched alkanes of at least 4 members (excludes halogenated alkanes) is 1. The van der Waals surface area contributed by atoms with Crippen molar-refractivity contribution in [2.45, 2.75) is 25.8 Å². The average Bonchev–Trinajstić information content (AvgIpc) is 2.24. The highest BCUT2D eigenvalue weighted by atomic mass is 16.5. The summed E-state index contributed by atoms with van der Waals surface area (Å²) in [6.07, 6.45) is 6.75. The molecule has 0 rings (SSSR count). The molecule has 1 amide bonds. The maximum Gasteiger partial charge on any atom is 0.236 e. The fourth-order valence-electron chi connectivity index (χ4n) is 1.03. The lowest BCUT2D eigenvalue weighted by molar-refractivity contribution is -0.122. The third-order valence-corrected chi connectivity index (χ3v) is 1.95. The minimum absolute atomic E-state index is 0.00671. The molecule has 0 aromatic carbocycles. The number of nitrogens with one attached hydrogen (secondary N) is 2. The van der Waals surface area contributed by atoms with Gasteiger partial charge in [-0.1, -0.05) is 0 Å². The van der Waals surface area contributed by atoms with Gasteiger partial charge < -0.3 is 15.4 Å². The summed E-state index contributed by atoms with van der Waals surface area (Å²) in [6.45, 7) is 3.68. The van der Waals surface area contributed by atoms with E-state index in [4.69, 9.17) is 11.2 Å². The van der Waals surface area contributed by atoms with Crippen molar-refractivity contribution in [2.24, 2.45) is 0 Å². The van der Waals surface area contributed by atoms with Crippen LogP contribution in [0, 0.1) is 12.3 Å². The molecular weight excluding hydrogens is 192 g/mol. The topological polar surface area (TPSA) is 50.4 Å². The predicted molar refractivity (Wildman–Crippen MR) is 60.4 cm³/mol. The summed E-state index contributed by atoms with van der Waals surface area (Å²) >= 11 is 0. The number of ether oxygens (including phenoxy) is 1. The Bertz CT molecular complexity index is 211. The Morgan fingerprint density at radius 3 is 2.87 bits per heavy atom. The van der Waals surface area contributed by atoms with Crippen molar-refractivity contribution in [3.63, 3.8) is 0 Å². The monoisotopic (exact) mass is 212 g/mol. The molecule has 0 spiro atoms. The molecule has 0 fully saturated rings. The molecule has 0 saturated carbocycles. The standard InChI is InChI=1S/C11H20N2O2/c1-4-5-6-7-12-10(2)11(14)13-8-9-15-3/h1,10,12H,5-9H2,2-3H3,(H,13,14). The summed E-state index contributed by atoms with van der Waals surface area (Å²) in [5, 5.41) is 5.85. The van der Waals surface area contributed by atoms with Crippen molar-refractivity contribution >= 4 is 5.91 Å². The molecule has 0 aliphatic rings. The largest absolute Gasteiger partial charge is 0.383 e. The highest BCUT2D eigenvalue weighted by Crippen LogP contribution is 1.87. The van der Waals surface area contributed by atoms with Crippen molar-refractivity contribution in [3.8, 4) is 12.3 Å². The lowest BCUT2D eigenvalue weighted by Crippen LogP contribution is -2.43. The second-order valence-electron chi connectivity index (χ2n) is 3.27. The average molecular weight is 212 g/mol. The molecule has 1 atom stereocenters. The van der Waals surface area contributed by atoms with E-state index in [0.29, 0.717) is 13.2 Å². The highest BCUT2D eigenvalue weighted by Gasteiger charge is 2.10. The summed E-state index contributed by atoms with van der Waals surface area (Å²) in [6, 6.07) is -0.181. The zero-order chi connectivity index (χ0) is 11.5. The second-order valence-corrected chi connectivity index (χ2v) is 3.27. The van der Waals surface area contributed by atoms with Crippen LogP contribution in [0.15, 0.2) is 0 Å². The van der Waals surface area contributed by atoms with E-state index in [1.54, 1.807) is 7.11 Å². The van der Waals surface area contributed by atoms with Gasteiger partial charge in [-0.3, -0.25) is 4.79 Å².